The molecule has 1 aliphatic rings. The van der Waals surface area contributed by atoms with Gasteiger partial charge in [-0.3, -0.25) is 0 Å². The van der Waals surface area contributed by atoms with Crippen molar-refractivity contribution in [3.63, 3.8) is 0 Å². The highest BCUT2D eigenvalue weighted by molar-refractivity contribution is 5.51. The van der Waals surface area contributed by atoms with Crippen LogP contribution in [0.15, 0.2) is 24.3 Å². The lowest BCUT2D eigenvalue weighted by atomic mass is 10.1. The summed E-state index contributed by atoms with van der Waals surface area (Å²) in [4.78, 5) is 0. The van der Waals surface area contributed by atoms with E-state index in [0.717, 1.165) is 5.92 Å². The molecule has 1 aromatic rings. The number of hydrogen-bond donors (Lipinski definition) is 1. The minimum Gasteiger partial charge on any atom is -0.382 e. The molecule has 76 valence electrons. The summed E-state index contributed by atoms with van der Waals surface area (Å²) in [5, 5.41) is 3.64. The first-order valence-corrected chi connectivity index (χ1v) is 5.58. The molecule has 0 aromatic heterocycles. The third-order valence-corrected chi connectivity index (χ3v) is 3.20. The maximum absolute atomic E-state index is 3.64. The van der Waals surface area contributed by atoms with E-state index in [-0.39, 0.29) is 0 Å². The van der Waals surface area contributed by atoms with Crippen LogP contribution in [0.3, 0.4) is 0 Å². The van der Waals surface area contributed by atoms with Gasteiger partial charge in [0, 0.05) is 11.7 Å². The van der Waals surface area contributed by atoms with Crippen molar-refractivity contribution < 1.29 is 0 Å². The van der Waals surface area contributed by atoms with Crippen LogP contribution < -0.4 is 5.32 Å². The average Bonchev–Trinajstić information content (AvgIpc) is 2.56. The molecule has 1 saturated carbocycles. The van der Waals surface area contributed by atoms with Crippen LogP contribution in [0.1, 0.15) is 31.7 Å². The first-order valence-electron chi connectivity index (χ1n) is 5.58. The molecule has 2 rings (SSSR count). The molecule has 0 aliphatic heterocycles. The molecule has 1 heteroatoms. The molecule has 0 amide bonds. The number of hydrogen-bond acceptors (Lipinski definition) is 1. The zero-order valence-corrected chi connectivity index (χ0v) is 9.09. The molecule has 1 aromatic carbocycles. The van der Waals surface area contributed by atoms with E-state index in [4.69, 9.17) is 0 Å². The van der Waals surface area contributed by atoms with Crippen LogP contribution in [-0.2, 0) is 0 Å². The number of rotatable bonds is 2. The quantitative estimate of drug-likeness (QED) is 0.749. The first-order chi connectivity index (χ1) is 6.75. The van der Waals surface area contributed by atoms with E-state index in [2.05, 4.69) is 43.4 Å². The van der Waals surface area contributed by atoms with Crippen LogP contribution in [0.5, 0.6) is 0 Å². The second-order valence-corrected chi connectivity index (χ2v) is 4.57. The molecular formula is C13H19N. The largest absolute Gasteiger partial charge is 0.382 e. The molecule has 14 heavy (non-hydrogen) atoms. The normalized spacial score (nSPS) is 26.4. The molecular weight excluding hydrogens is 170 g/mol. The molecule has 0 spiro atoms. The Hall–Kier alpha value is -0.980. The van der Waals surface area contributed by atoms with Crippen LogP contribution in [-0.4, -0.2) is 6.04 Å². The zero-order chi connectivity index (χ0) is 9.97. The molecule has 1 fully saturated rings. The Bertz CT molecular complexity index is 306. The predicted molar refractivity (Wildman–Crippen MR) is 61.6 cm³/mol. The van der Waals surface area contributed by atoms with Crippen molar-refractivity contribution in [3.8, 4) is 0 Å². The number of aryl methyl sites for hydroxylation is 1. The molecule has 1 N–H and O–H groups in total. The highest BCUT2D eigenvalue weighted by Gasteiger charge is 2.20. The first kappa shape index (κ1) is 9.57. The van der Waals surface area contributed by atoms with Gasteiger partial charge >= 0.3 is 0 Å². The molecule has 2 atom stereocenters. The maximum atomic E-state index is 3.64. The average molecular weight is 189 g/mol. The van der Waals surface area contributed by atoms with Crippen molar-refractivity contribution in [2.75, 3.05) is 5.32 Å². The second kappa shape index (κ2) is 4.04. The topological polar surface area (TPSA) is 12.0 Å². The lowest BCUT2D eigenvalue weighted by molar-refractivity contribution is 0.602. The Labute approximate surface area is 86.5 Å². The summed E-state index contributed by atoms with van der Waals surface area (Å²) in [7, 11) is 0. The van der Waals surface area contributed by atoms with Crippen LogP contribution >= 0.6 is 0 Å². The van der Waals surface area contributed by atoms with Crippen LogP contribution in [0.25, 0.3) is 0 Å². The Morgan fingerprint density at radius 2 is 2.00 bits per heavy atom. The highest BCUT2D eigenvalue weighted by Crippen LogP contribution is 2.28. The van der Waals surface area contributed by atoms with Crippen molar-refractivity contribution in [1.82, 2.24) is 0 Å². The van der Waals surface area contributed by atoms with E-state index < -0.39 is 0 Å². The van der Waals surface area contributed by atoms with Gasteiger partial charge in [0.15, 0.2) is 0 Å². The van der Waals surface area contributed by atoms with E-state index in [1.54, 1.807) is 0 Å². The Morgan fingerprint density at radius 1 is 1.21 bits per heavy atom. The highest BCUT2D eigenvalue weighted by atomic mass is 14.9. The summed E-state index contributed by atoms with van der Waals surface area (Å²) in [6.07, 6.45) is 4.04. The van der Waals surface area contributed by atoms with Gasteiger partial charge in [0.1, 0.15) is 0 Å². The monoisotopic (exact) mass is 189 g/mol. The fraction of sp³-hybridized carbons (Fsp3) is 0.538. The summed E-state index contributed by atoms with van der Waals surface area (Å²) in [5.74, 6) is 0.900. The minimum atomic E-state index is 0.700. The second-order valence-electron chi connectivity index (χ2n) is 4.57. The smallest absolute Gasteiger partial charge is 0.0372 e. The Balaban J connectivity index is 2.01. The summed E-state index contributed by atoms with van der Waals surface area (Å²) in [6, 6.07) is 9.25. The van der Waals surface area contributed by atoms with Gasteiger partial charge in [0.25, 0.3) is 0 Å². The van der Waals surface area contributed by atoms with E-state index in [9.17, 15) is 0 Å². The zero-order valence-electron chi connectivity index (χ0n) is 9.09. The van der Waals surface area contributed by atoms with Crippen molar-refractivity contribution in [2.24, 2.45) is 5.92 Å². The summed E-state index contributed by atoms with van der Waals surface area (Å²) in [6.45, 7) is 4.51. The van der Waals surface area contributed by atoms with Gasteiger partial charge in [0.2, 0.25) is 0 Å². The molecule has 0 saturated heterocycles. The van der Waals surface area contributed by atoms with Crippen LogP contribution in [0.2, 0.25) is 0 Å². The van der Waals surface area contributed by atoms with Gasteiger partial charge in [-0.15, -0.1) is 0 Å². The molecule has 0 bridgehead atoms. The molecule has 1 aliphatic carbocycles. The molecule has 1 nitrogen and oxygen atoms in total. The molecule has 2 unspecified atom stereocenters. The molecule has 0 radical (unpaired) electrons. The van der Waals surface area contributed by atoms with E-state index in [1.807, 2.05) is 0 Å². The van der Waals surface area contributed by atoms with Crippen molar-refractivity contribution >= 4 is 5.69 Å². The third-order valence-electron chi connectivity index (χ3n) is 3.20. The lowest BCUT2D eigenvalue weighted by Gasteiger charge is -2.15. The van der Waals surface area contributed by atoms with Crippen molar-refractivity contribution in [3.05, 3.63) is 29.8 Å². The SMILES string of the molecule is Cc1ccccc1NC1CCC(C)C1. The van der Waals surface area contributed by atoms with Crippen molar-refractivity contribution in [1.29, 1.82) is 0 Å². The minimum absolute atomic E-state index is 0.700. The maximum Gasteiger partial charge on any atom is 0.0372 e. The fourth-order valence-corrected chi connectivity index (χ4v) is 2.29. The standard InChI is InChI=1S/C13H19N/c1-10-7-8-12(9-10)14-13-6-4-3-5-11(13)2/h3-6,10,12,14H,7-9H2,1-2H3. The molecule has 0 heterocycles. The lowest BCUT2D eigenvalue weighted by Crippen LogP contribution is -2.15. The summed E-state index contributed by atoms with van der Waals surface area (Å²) >= 11 is 0. The fourth-order valence-electron chi connectivity index (χ4n) is 2.29. The van der Waals surface area contributed by atoms with Gasteiger partial charge in [-0.1, -0.05) is 25.1 Å². The van der Waals surface area contributed by atoms with Crippen molar-refractivity contribution in [2.45, 2.75) is 39.2 Å². The predicted octanol–water partition coefficient (Wildman–Crippen LogP) is 3.60. The number of nitrogens with one attached hydrogen (secondary N) is 1. The summed E-state index contributed by atoms with van der Waals surface area (Å²) in [5.41, 5.74) is 2.67. The van der Waals surface area contributed by atoms with Crippen LogP contribution in [0, 0.1) is 12.8 Å². The van der Waals surface area contributed by atoms with Gasteiger partial charge in [-0.05, 0) is 43.7 Å². The van der Waals surface area contributed by atoms with Gasteiger partial charge < -0.3 is 5.32 Å². The number of anilines is 1. The van der Waals surface area contributed by atoms with Crippen LogP contribution in [0.4, 0.5) is 5.69 Å². The van der Waals surface area contributed by atoms with Gasteiger partial charge in [0.05, 0.1) is 0 Å². The number of para-hydroxylation sites is 1. The van der Waals surface area contributed by atoms with E-state index >= 15 is 0 Å². The number of benzene rings is 1. The Kier molecular flexibility index (Phi) is 2.76. The van der Waals surface area contributed by atoms with Gasteiger partial charge in [-0.25, -0.2) is 0 Å². The summed E-state index contributed by atoms with van der Waals surface area (Å²) < 4.78 is 0. The van der Waals surface area contributed by atoms with E-state index in [0.29, 0.717) is 6.04 Å². The van der Waals surface area contributed by atoms with E-state index in [1.165, 1.54) is 30.5 Å². The Morgan fingerprint density at radius 3 is 2.64 bits per heavy atom. The third kappa shape index (κ3) is 2.09. The van der Waals surface area contributed by atoms with Gasteiger partial charge in [-0.2, -0.15) is 0 Å².